The second-order valence-corrected chi connectivity index (χ2v) is 9.52. The van der Waals surface area contributed by atoms with Crippen LogP contribution in [-0.2, 0) is 15.7 Å². The number of carbonyl (C=O) groups is 2. The molecule has 0 saturated carbocycles. The molecule has 1 saturated heterocycles. The molecule has 2 aliphatic rings. The van der Waals surface area contributed by atoms with Gasteiger partial charge in [-0.3, -0.25) is 9.59 Å². The van der Waals surface area contributed by atoms with E-state index < -0.39 is 28.9 Å². The van der Waals surface area contributed by atoms with Crippen molar-refractivity contribution >= 4 is 23.2 Å². The van der Waals surface area contributed by atoms with E-state index in [1.807, 2.05) is 25.1 Å². The highest BCUT2D eigenvalue weighted by Crippen LogP contribution is 2.42. The summed E-state index contributed by atoms with van der Waals surface area (Å²) in [6.45, 7) is 2.94. The molecule has 1 N–H and O–H groups in total. The Morgan fingerprint density at radius 3 is 2.61 bits per heavy atom. The average molecular weight is 527 g/mol. The van der Waals surface area contributed by atoms with Gasteiger partial charge in [-0.05, 0) is 53.9 Å². The van der Waals surface area contributed by atoms with E-state index in [9.17, 15) is 22.8 Å². The summed E-state index contributed by atoms with van der Waals surface area (Å²) < 4.78 is 51.0. The van der Waals surface area contributed by atoms with Gasteiger partial charge < -0.3 is 19.7 Å². The number of benzene rings is 2. The fourth-order valence-corrected chi connectivity index (χ4v) is 4.70. The molecule has 38 heavy (non-hydrogen) atoms. The monoisotopic (exact) mass is 526 g/mol. The number of aryl methyl sites for hydroxylation is 1. The molecule has 2 amide bonds. The Balaban J connectivity index is 1.45. The van der Waals surface area contributed by atoms with E-state index in [1.54, 1.807) is 30.1 Å². The molecule has 1 fully saturated rings. The highest BCUT2D eigenvalue weighted by Gasteiger charge is 2.41. The Bertz CT molecular complexity index is 1400. The molecule has 1 aromatic heterocycles. The fourth-order valence-electron chi connectivity index (χ4n) is 4.70. The smallest absolute Gasteiger partial charge is 0.418 e. The number of rotatable bonds is 3. The van der Waals surface area contributed by atoms with E-state index in [1.165, 1.54) is 0 Å². The summed E-state index contributed by atoms with van der Waals surface area (Å²) in [6, 6.07) is 11.4. The standard InChI is InChI=1S/C27H25F3N4O4/c1-16-3-5-19(32-25(36)21-12-18(15-31-33-21)27(28,29)30)13-20(16)17-4-6-22-23(11-17)38-26(7-9-37-10-8-26)14-24(35)34(22)2/h3-6,11-13,15H,7-10,14H2,1-2H3,(H,32,36). The van der Waals surface area contributed by atoms with Crippen LogP contribution in [0, 0.1) is 6.92 Å². The number of nitrogens with one attached hydrogen (secondary N) is 1. The van der Waals surface area contributed by atoms with Crippen molar-refractivity contribution in [3.8, 4) is 16.9 Å². The Morgan fingerprint density at radius 1 is 1.11 bits per heavy atom. The molecule has 8 nitrogen and oxygen atoms in total. The van der Waals surface area contributed by atoms with Gasteiger partial charge in [0.2, 0.25) is 5.91 Å². The van der Waals surface area contributed by atoms with Gasteiger partial charge in [-0.1, -0.05) is 12.1 Å². The van der Waals surface area contributed by atoms with Crippen molar-refractivity contribution in [2.45, 2.75) is 38.0 Å². The zero-order valence-corrected chi connectivity index (χ0v) is 20.8. The Labute approximate surface area is 216 Å². The molecule has 2 aliphatic heterocycles. The summed E-state index contributed by atoms with van der Waals surface area (Å²) in [4.78, 5) is 27.1. The number of aromatic nitrogens is 2. The molecule has 2 aromatic carbocycles. The molecule has 3 heterocycles. The van der Waals surface area contributed by atoms with Gasteiger partial charge in [-0.15, -0.1) is 5.10 Å². The molecular formula is C27H25F3N4O4. The van der Waals surface area contributed by atoms with E-state index in [0.717, 1.165) is 16.7 Å². The second-order valence-electron chi connectivity index (χ2n) is 9.52. The van der Waals surface area contributed by atoms with Gasteiger partial charge in [0.15, 0.2) is 5.69 Å². The number of hydrogen-bond acceptors (Lipinski definition) is 6. The number of fused-ring (bicyclic) bond motifs is 1. The van der Waals surface area contributed by atoms with Crippen LogP contribution >= 0.6 is 0 Å². The van der Waals surface area contributed by atoms with E-state index in [4.69, 9.17) is 9.47 Å². The van der Waals surface area contributed by atoms with Crippen LogP contribution in [0.1, 0.15) is 40.9 Å². The maximum absolute atomic E-state index is 13.0. The lowest BCUT2D eigenvalue weighted by atomic mass is 9.90. The van der Waals surface area contributed by atoms with Gasteiger partial charge in [-0.2, -0.15) is 18.3 Å². The molecule has 198 valence electrons. The normalized spacial score (nSPS) is 17.0. The Hall–Kier alpha value is -3.99. The SMILES string of the molecule is Cc1ccc(NC(=O)c2cc(C(F)(F)F)cnn2)cc1-c1ccc2c(c1)OC1(CCOCC1)CC(=O)N2C. The summed E-state index contributed by atoms with van der Waals surface area (Å²) in [7, 11) is 1.72. The quantitative estimate of drug-likeness (QED) is 0.515. The van der Waals surface area contributed by atoms with Crippen molar-refractivity contribution in [2.24, 2.45) is 0 Å². The minimum Gasteiger partial charge on any atom is -0.484 e. The fraction of sp³-hybridized carbons (Fsp3) is 0.333. The summed E-state index contributed by atoms with van der Waals surface area (Å²) in [5.74, 6) is -0.270. The molecule has 0 atom stereocenters. The topological polar surface area (TPSA) is 93.6 Å². The first-order valence-electron chi connectivity index (χ1n) is 12.0. The number of amides is 2. The number of anilines is 2. The lowest BCUT2D eigenvalue weighted by Gasteiger charge is -2.35. The average Bonchev–Trinajstić information content (AvgIpc) is 2.98. The first-order valence-corrected chi connectivity index (χ1v) is 12.0. The summed E-state index contributed by atoms with van der Waals surface area (Å²) in [5, 5.41) is 9.45. The number of carbonyl (C=O) groups excluding carboxylic acids is 2. The highest BCUT2D eigenvalue weighted by atomic mass is 19.4. The van der Waals surface area contributed by atoms with Crippen molar-refractivity contribution in [1.82, 2.24) is 10.2 Å². The summed E-state index contributed by atoms with van der Waals surface area (Å²) in [5.41, 5.74) is 1.37. The van der Waals surface area contributed by atoms with Crippen LogP contribution < -0.4 is 15.0 Å². The van der Waals surface area contributed by atoms with Gasteiger partial charge in [0, 0.05) is 25.6 Å². The first kappa shape index (κ1) is 25.7. The van der Waals surface area contributed by atoms with Crippen LogP contribution in [0.25, 0.3) is 11.1 Å². The lowest BCUT2D eigenvalue weighted by molar-refractivity contribution is -0.138. The molecular weight excluding hydrogens is 501 g/mol. The van der Waals surface area contributed by atoms with E-state index in [2.05, 4.69) is 15.5 Å². The molecule has 3 aromatic rings. The Kier molecular flexibility index (Phi) is 6.56. The minimum atomic E-state index is -4.64. The van der Waals surface area contributed by atoms with E-state index >= 15 is 0 Å². The lowest BCUT2D eigenvalue weighted by Crippen LogP contribution is -2.44. The third-order valence-electron chi connectivity index (χ3n) is 6.92. The maximum atomic E-state index is 13.0. The van der Waals surface area contributed by atoms with Crippen LogP contribution in [0.4, 0.5) is 24.5 Å². The van der Waals surface area contributed by atoms with Crippen molar-refractivity contribution in [1.29, 1.82) is 0 Å². The molecule has 0 unspecified atom stereocenters. The van der Waals surface area contributed by atoms with Gasteiger partial charge in [0.25, 0.3) is 5.91 Å². The van der Waals surface area contributed by atoms with Crippen LogP contribution in [-0.4, -0.2) is 47.9 Å². The predicted molar refractivity (Wildman–Crippen MR) is 133 cm³/mol. The second kappa shape index (κ2) is 9.71. The number of alkyl halides is 3. The Morgan fingerprint density at radius 2 is 1.87 bits per heavy atom. The number of halogens is 3. The highest BCUT2D eigenvalue weighted by molar-refractivity contribution is 6.03. The van der Waals surface area contributed by atoms with Crippen LogP contribution in [0.2, 0.25) is 0 Å². The zero-order chi connectivity index (χ0) is 27.1. The largest absolute Gasteiger partial charge is 0.484 e. The van der Waals surface area contributed by atoms with Gasteiger partial charge >= 0.3 is 6.18 Å². The molecule has 11 heteroatoms. The first-order chi connectivity index (χ1) is 18.0. The zero-order valence-electron chi connectivity index (χ0n) is 20.8. The van der Waals surface area contributed by atoms with Crippen LogP contribution in [0.3, 0.4) is 0 Å². The number of nitrogens with zero attached hydrogens (tertiary/aromatic N) is 3. The molecule has 5 rings (SSSR count). The van der Waals surface area contributed by atoms with Crippen LogP contribution in [0.15, 0.2) is 48.7 Å². The van der Waals surface area contributed by atoms with Crippen molar-refractivity contribution in [3.05, 3.63) is 65.5 Å². The molecule has 0 radical (unpaired) electrons. The summed E-state index contributed by atoms with van der Waals surface area (Å²) >= 11 is 0. The van der Waals surface area contributed by atoms with Gasteiger partial charge in [0.05, 0.1) is 37.1 Å². The van der Waals surface area contributed by atoms with Gasteiger partial charge in [0.1, 0.15) is 11.4 Å². The van der Waals surface area contributed by atoms with E-state index in [0.29, 0.717) is 55.4 Å². The van der Waals surface area contributed by atoms with Crippen molar-refractivity contribution in [3.63, 3.8) is 0 Å². The summed E-state index contributed by atoms with van der Waals surface area (Å²) in [6.07, 6.45) is -2.60. The van der Waals surface area contributed by atoms with E-state index in [-0.39, 0.29) is 12.3 Å². The van der Waals surface area contributed by atoms with Gasteiger partial charge in [-0.25, -0.2) is 0 Å². The number of hydrogen-bond donors (Lipinski definition) is 1. The van der Waals surface area contributed by atoms with Crippen LogP contribution in [0.5, 0.6) is 5.75 Å². The molecule has 1 spiro atoms. The van der Waals surface area contributed by atoms with Crippen molar-refractivity contribution in [2.75, 3.05) is 30.5 Å². The maximum Gasteiger partial charge on any atom is 0.418 e. The predicted octanol–water partition coefficient (Wildman–Crippen LogP) is 5.02. The number of ether oxygens (including phenoxy) is 2. The molecule has 0 bridgehead atoms. The minimum absolute atomic E-state index is 0.0306. The molecule has 0 aliphatic carbocycles. The third kappa shape index (κ3) is 5.06. The van der Waals surface area contributed by atoms with Crippen molar-refractivity contribution < 1.29 is 32.2 Å². The third-order valence-corrected chi connectivity index (χ3v) is 6.92.